The lowest BCUT2D eigenvalue weighted by Gasteiger charge is -2.26. The molecular weight excluding hydrogens is 264 g/mol. The van der Waals surface area contributed by atoms with Gasteiger partial charge in [0.25, 0.3) is 0 Å². The highest BCUT2D eigenvalue weighted by Crippen LogP contribution is 2.48. The zero-order chi connectivity index (χ0) is 15.6. The Kier molecular flexibility index (Phi) is 4.57. The largest absolute Gasteiger partial charge is 0.496 e. The van der Waals surface area contributed by atoms with Crippen molar-refractivity contribution in [3.05, 3.63) is 23.3 Å². The Balaban J connectivity index is 2.37. The van der Waals surface area contributed by atoms with Crippen LogP contribution >= 0.6 is 0 Å². The number of hydrogen-bond acceptors (Lipinski definition) is 3. The van der Waals surface area contributed by atoms with Gasteiger partial charge in [-0.1, -0.05) is 0 Å². The molecule has 0 amide bonds. The fourth-order valence-corrected chi connectivity index (χ4v) is 2.49. The number of aliphatic imine (C=N–C) groups is 1. The van der Waals surface area contributed by atoms with Gasteiger partial charge in [0.15, 0.2) is 0 Å². The molecule has 0 aliphatic heterocycles. The van der Waals surface area contributed by atoms with Gasteiger partial charge in [0, 0.05) is 25.2 Å². The standard InChI is InChI=1S/C17H26N2O2/c1-6-19(4)11-18-15-10-16(21-5)14(9-12(15)2)17(3,20)13-7-8-13/h9-11,13,20H,6-8H2,1-5H3. The maximum Gasteiger partial charge on any atom is 0.127 e. The fourth-order valence-electron chi connectivity index (χ4n) is 2.49. The van der Waals surface area contributed by atoms with Gasteiger partial charge in [0.2, 0.25) is 0 Å². The van der Waals surface area contributed by atoms with Gasteiger partial charge in [0.1, 0.15) is 5.75 Å². The van der Waals surface area contributed by atoms with E-state index in [9.17, 15) is 5.11 Å². The molecule has 1 aromatic carbocycles. The third-order valence-electron chi connectivity index (χ3n) is 4.33. The van der Waals surface area contributed by atoms with Crippen molar-refractivity contribution in [3.8, 4) is 5.75 Å². The van der Waals surface area contributed by atoms with E-state index in [1.54, 1.807) is 7.11 Å². The summed E-state index contributed by atoms with van der Waals surface area (Å²) >= 11 is 0. The van der Waals surface area contributed by atoms with E-state index < -0.39 is 5.60 Å². The van der Waals surface area contributed by atoms with Crippen molar-refractivity contribution in [1.29, 1.82) is 0 Å². The molecule has 4 heteroatoms. The Bertz CT molecular complexity index is 534. The lowest BCUT2D eigenvalue weighted by molar-refractivity contribution is 0.0306. The maximum absolute atomic E-state index is 10.8. The maximum atomic E-state index is 10.8. The Morgan fingerprint density at radius 1 is 1.48 bits per heavy atom. The average Bonchev–Trinajstić information content (AvgIpc) is 3.30. The predicted molar refractivity (Wildman–Crippen MR) is 86.5 cm³/mol. The summed E-state index contributed by atoms with van der Waals surface area (Å²) in [5, 5.41) is 10.8. The van der Waals surface area contributed by atoms with Crippen LogP contribution in [-0.4, -0.2) is 37.0 Å². The Hall–Kier alpha value is -1.55. The summed E-state index contributed by atoms with van der Waals surface area (Å²) in [6.45, 7) is 6.89. The van der Waals surface area contributed by atoms with Crippen LogP contribution in [0.2, 0.25) is 0 Å². The lowest BCUT2D eigenvalue weighted by atomic mass is 9.88. The number of rotatable bonds is 6. The minimum atomic E-state index is -0.821. The van der Waals surface area contributed by atoms with Gasteiger partial charge in [-0.3, -0.25) is 0 Å². The van der Waals surface area contributed by atoms with Crippen LogP contribution in [0.25, 0.3) is 0 Å². The van der Waals surface area contributed by atoms with E-state index in [1.165, 1.54) is 0 Å². The van der Waals surface area contributed by atoms with Gasteiger partial charge in [-0.2, -0.15) is 0 Å². The highest BCUT2D eigenvalue weighted by Gasteiger charge is 2.43. The molecule has 0 bridgehead atoms. The second-order valence-corrected chi connectivity index (χ2v) is 6.08. The Morgan fingerprint density at radius 3 is 2.67 bits per heavy atom. The van der Waals surface area contributed by atoms with Gasteiger partial charge in [-0.15, -0.1) is 0 Å². The van der Waals surface area contributed by atoms with Crippen molar-refractivity contribution in [1.82, 2.24) is 4.90 Å². The van der Waals surface area contributed by atoms with Gasteiger partial charge in [-0.05, 0) is 51.2 Å². The van der Waals surface area contributed by atoms with Crippen molar-refractivity contribution in [3.63, 3.8) is 0 Å². The third-order valence-corrected chi connectivity index (χ3v) is 4.33. The molecule has 1 atom stereocenters. The van der Waals surface area contributed by atoms with Crippen molar-refractivity contribution in [2.45, 2.75) is 39.2 Å². The van der Waals surface area contributed by atoms with Crippen LogP contribution in [0.5, 0.6) is 5.75 Å². The molecule has 1 N–H and O–H groups in total. The molecule has 4 nitrogen and oxygen atoms in total. The first-order valence-corrected chi connectivity index (χ1v) is 7.56. The van der Waals surface area contributed by atoms with E-state index >= 15 is 0 Å². The average molecular weight is 290 g/mol. The first-order chi connectivity index (χ1) is 9.90. The second kappa shape index (κ2) is 6.06. The minimum Gasteiger partial charge on any atom is -0.496 e. The quantitative estimate of drug-likeness (QED) is 0.646. The van der Waals surface area contributed by atoms with Crippen LogP contribution in [0.1, 0.15) is 37.8 Å². The summed E-state index contributed by atoms with van der Waals surface area (Å²) in [5.74, 6) is 1.05. The van der Waals surface area contributed by atoms with Gasteiger partial charge < -0.3 is 14.7 Å². The fraction of sp³-hybridized carbons (Fsp3) is 0.588. The first-order valence-electron chi connectivity index (χ1n) is 7.56. The number of aliphatic hydroxyl groups is 1. The molecule has 0 saturated heterocycles. The molecule has 21 heavy (non-hydrogen) atoms. The van der Waals surface area contributed by atoms with Crippen molar-refractivity contribution >= 4 is 12.0 Å². The summed E-state index contributed by atoms with van der Waals surface area (Å²) in [4.78, 5) is 6.52. The molecule has 0 heterocycles. The zero-order valence-electron chi connectivity index (χ0n) is 13.7. The molecule has 1 aromatic rings. The summed E-state index contributed by atoms with van der Waals surface area (Å²) in [5.41, 5.74) is 1.97. The van der Waals surface area contributed by atoms with Crippen LogP contribution in [0.4, 0.5) is 5.69 Å². The highest BCUT2D eigenvalue weighted by atomic mass is 16.5. The number of nitrogens with zero attached hydrogens (tertiary/aromatic N) is 2. The van der Waals surface area contributed by atoms with Crippen LogP contribution < -0.4 is 4.74 Å². The molecule has 1 aliphatic rings. The number of hydrogen-bond donors (Lipinski definition) is 1. The molecule has 2 rings (SSSR count). The monoisotopic (exact) mass is 290 g/mol. The van der Waals surface area contributed by atoms with Crippen LogP contribution in [0, 0.1) is 12.8 Å². The van der Waals surface area contributed by atoms with Gasteiger partial charge in [-0.25, -0.2) is 4.99 Å². The summed E-state index contributed by atoms with van der Waals surface area (Å²) in [6.07, 6.45) is 3.98. The van der Waals surface area contributed by atoms with E-state index in [-0.39, 0.29) is 0 Å². The summed E-state index contributed by atoms with van der Waals surface area (Å²) in [7, 11) is 3.63. The van der Waals surface area contributed by atoms with Crippen LogP contribution in [-0.2, 0) is 5.60 Å². The highest BCUT2D eigenvalue weighted by molar-refractivity contribution is 5.65. The SMILES string of the molecule is CCN(C)C=Nc1cc(OC)c(C(C)(O)C2CC2)cc1C. The van der Waals surface area contributed by atoms with Crippen molar-refractivity contribution in [2.75, 3.05) is 20.7 Å². The second-order valence-electron chi connectivity index (χ2n) is 6.08. The van der Waals surface area contributed by atoms with E-state index in [1.807, 2.05) is 44.3 Å². The Morgan fingerprint density at radius 2 is 2.14 bits per heavy atom. The van der Waals surface area contributed by atoms with Gasteiger partial charge in [0.05, 0.1) is 24.7 Å². The molecule has 0 aromatic heterocycles. The van der Waals surface area contributed by atoms with E-state index in [2.05, 4.69) is 11.9 Å². The molecule has 0 radical (unpaired) electrons. The molecular formula is C17H26N2O2. The van der Waals surface area contributed by atoms with Gasteiger partial charge >= 0.3 is 0 Å². The van der Waals surface area contributed by atoms with E-state index in [4.69, 9.17) is 4.74 Å². The summed E-state index contributed by atoms with van der Waals surface area (Å²) in [6, 6.07) is 3.93. The zero-order valence-corrected chi connectivity index (χ0v) is 13.7. The molecule has 1 aliphatic carbocycles. The third kappa shape index (κ3) is 3.38. The molecule has 1 unspecified atom stereocenters. The van der Waals surface area contributed by atoms with Crippen LogP contribution in [0.15, 0.2) is 17.1 Å². The predicted octanol–water partition coefficient (Wildman–Crippen LogP) is 3.23. The molecule has 116 valence electrons. The topological polar surface area (TPSA) is 45.1 Å². The molecule has 0 spiro atoms. The van der Waals surface area contributed by atoms with E-state index in [0.717, 1.165) is 36.2 Å². The minimum absolute atomic E-state index is 0.339. The lowest BCUT2D eigenvalue weighted by Crippen LogP contribution is -2.24. The van der Waals surface area contributed by atoms with Crippen molar-refractivity contribution < 1.29 is 9.84 Å². The molecule has 1 saturated carbocycles. The number of aryl methyl sites for hydroxylation is 1. The first kappa shape index (κ1) is 15.8. The van der Waals surface area contributed by atoms with Crippen LogP contribution in [0.3, 0.4) is 0 Å². The number of ether oxygens (including phenoxy) is 1. The van der Waals surface area contributed by atoms with E-state index in [0.29, 0.717) is 11.7 Å². The Labute approximate surface area is 127 Å². The summed E-state index contributed by atoms with van der Waals surface area (Å²) < 4.78 is 5.49. The number of benzene rings is 1. The molecule has 1 fully saturated rings. The normalized spacial score (nSPS) is 17.8. The number of methoxy groups -OCH3 is 1. The van der Waals surface area contributed by atoms with Crippen molar-refractivity contribution in [2.24, 2.45) is 10.9 Å². The smallest absolute Gasteiger partial charge is 0.127 e.